The van der Waals surface area contributed by atoms with Gasteiger partial charge < -0.3 is 5.11 Å². The fraction of sp³-hybridized carbons (Fsp3) is 0.750. The van der Waals surface area contributed by atoms with Crippen LogP contribution in [0.1, 0.15) is 33.1 Å². The molecule has 1 unspecified atom stereocenters. The molecule has 0 heterocycles. The van der Waals surface area contributed by atoms with Crippen molar-refractivity contribution in [1.82, 2.24) is 0 Å². The molecular formula is C8H14O3. The Morgan fingerprint density at radius 2 is 2.09 bits per heavy atom. The van der Waals surface area contributed by atoms with E-state index >= 15 is 0 Å². The number of rotatable bonds is 1. The largest absolute Gasteiger partial charge is 0.481 e. The maximum Gasteiger partial charge on any atom is 0.306 e. The Balaban J connectivity index is 0.000000461. The molecule has 11 heavy (non-hydrogen) atoms. The highest BCUT2D eigenvalue weighted by molar-refractivity contribution is 5.87. The summed E-state index contributed by atoms with van der Waals surface area (Å²) in [4.78, 5) is 20.7. The Labute approximate surface area is 66.4 Å². The second kappa shape index (κ2) is 4.88. The quantitative estimate of drug-likeness (QED) is 0.628. The van der Waals surface area contributed by atoms with E-state index in [9.17, 15) is 9.59 Å². The monoisotopic (exact) mass is 158 g/mol. The van der Waals surface area contributed by atoms with E-state index in [2.05, 4.69) is 0 Å². The fourth-order valence-corrected chi connectivity index (χ4v) is 1.02. The highest BCUT2D eigenvalue weighted by Gasteiger charge is 2.27. The lowest BCUT2D eigenvalue weighted by molar-refractivity contribution is -0.142. The Morgan fingerprint density at radius 3 is 2.27 bits per heavy atom. The van der Waals surface area contributed by atoms with Crippen molar-refractivity contribution in [3.63, 3.8) is 0 Å². The smallest absolute Gasteiger partial charge is 0.306 e. The predicted octanol–water partition coefficient (Wildman–Crippen LogP) is 1.47. The first-order chi connectivity index (χ1) is 5.20. The summed E-state index contributed by atoms with van der Waals surface area (Å²) in [7, 11) is 0. The van der Waals surface area contributed by atoms with E-state index in [0.717, 1.165) is 0 Å². The molecule has 0 bridgehead atoms. The zero-order valence-electron chi connectivity index (χ0n) is 6.96. The SMILES string of the molecule is CC.O=C1CCC(C(=O)O)C1. The predicted molar refractivity (Wildman–Crippen MR) is 41.3 cm³/mol. The minimum absolute atomic E-state index is 0.0856. The molecule has 0 aromatic heterocycles. The van der Waals surface area contributed by atoms with Gasteiger partial charge in [0.25, 0.3) is 0 Å². The first-order valence-electron chi connectivity index (χ1n) is 3.94. The van der Waals surface area contributed by atoms with Gasteiger partial charge in [0.15, 0.2) is 0 Å². The van der Waals surface area contributed by atoms with Gasteiger partial charge in [-0.1, -0.05) is 13.8 Å². The number of ketones is 1. The van der Waals surface area contributed by atoms with Crippen molar-refractivity contribution >= 4 is 11.8 Å². The number of hydrogen-bond acceptors (Lipinski definition) is 2. The summed E-state index contributed by atoms with van der Waals surface area (Å²) in [6.45, 7) is 4.00. The summed E-state index contributed by atoms with van der Waals surface area (Å²) in [6.07, 6.45) is 1.24. The van der Waals surface area contributed by atoms with Gasteiger partial charge in [0, 0.05) is 12.8 Å². The van der Waals surface area contributed by atoms with Crippen LogP contribution >= 0.6 is 0 Å². The van der Waals surface area contributed by atoms with Crippen LogP contribution in [0.25, 0.3) is 0 Å². The van der Waals surface area contributed by atoms with Crippen LogP contribution in [0.2, 0.25) is 0 Å². The van der Waals surface area contributed by atoms with Crippen LogP contribution in [0.15, 0.2) is 0 Å². The number of carbonyl (C=O) groups excluding carboxylic acids is 1. The summed E-state index contributed by atoms with van der Waals surface area (Å²) in [5.74, 6) is -1.14. The van der Waals surface area contributed by atoms with Crippen LogP contribution in [-0.2, 0) is 9.59 Å². The Morgan fingerprint density at radius 1 is 1.55 bits per heavy atom. The van der Waals surface area contributed by atoms with Gasteiger partial charge >= 0.3 is 5.97 Å². The van der Waals surface area contributed by atoms with Crippen LogP contribution in [0, 0.1) is 5.92 Å². The lowest BCUT2D eigenvalue weighted by Crippen LogP contribution is -2.09. The minimum Gasteiger partial charge on any atom is -0.481 e. The first kappa shape index (κ1) is 10.1. The molecule has 0 radical (unpaired) electrons. The topological polar surface area (TPSA) is 54.4 Å². The maximum atomic E-state index is 10.5. The molecule has 1 aliphatic carbocycles. The van der Waals surface area contributed by atoms with Gasteiger partial charge in [-0.3, -0.25) is 9.59 Å². The first-order valence-corrected chi connectivity index (χ1v) is 3.94. The molecule has 1 aliphatic rings. The van der Waals surface area contributed by atoms with Gasteiger partial charge in [-0.15, -0.1) is 0 Å². The zero-order valence-corrected chi connectivity index (χ0v) is 6.96. The molecule has 0 spiro atoms. The maximum absolute atomic E-state index is 10.5. The highest BCUT2D eigenvalue weighted by atomic mass is 16.4. The molecule has 0 aromatic rings. The summed E-state index contributed by atoms with van der Waals surface area (Å²) in [5.41, 5.74) is 0. The van der Waals surface area contributed by atoms with Crippen molar-refractivity contribution in [2.45, 2.75) is 33.1 Å². The van der Waals surface area contributed by atoms with E-state index in [1.54, 1.807) is 0 Å². The summed E-state index contributed by atoms with van der Waals surface area (Å²) in [5, 5.41) is 8.38. The lowest BCUT2D eigenvalue weighted by atomic mass is 10.1. The van der Waals surface area contributed by atoms with Crippen molar-refractivity contribution in [1.29, 1.82) is 0 Å². The summed E-state index contributed by atoms with van der Waals surface area (Å²) in [6, 6.07) is 0. The van der Waals surface area contributed by atoms with Crippen LogP contribution in [0.4, 0.5) is 0 Å². The van der Waals surface area contributed by atoms with E-state index in [1.165, 1.54) is 0 Å². The normalized spacial score (nSPS) is 22.4. The van der Waals surface area contributed by atoms with Crippen LogP contribution in [0.3, 0.4) is 0 Å². The van der Waals surface area contributed by atoms with Gasteiger partial charge in [-0.05, 0) is 6.42 Å². The molecule has 0 aliphatic heterocycles. The molecule has 0 aromatic carbocycles. The number of carbonyl (C=O) groups is 2. The number of aliphatic carboxylic acids is 1. The zero-order chi connectivity index (χ0) is 8.85. The third kappa shape index (κ3) is 3.16. The average molecular weight is 158 g/mol. The van der Waals surface area contributed by atoms with Gasteiger partial charge in [-0.25, -0.2) is 0 Å². The number of carboxylic acid groups (broad SMARTS) is 1. The number of Topliss-reactive ketones (excluding diaryl/α,β-unsaturated/α-hetero) is 1. The fourth-order valence-electron chi connectivity index (χ4n) is 1.02. The van der Waals surface area contributed by atoms with E-state index < -0.39 is 11.9 Å². The van der Waals surface area contributed by atoms with Gasteiger partial charge in [0.2, 0.25) is 0 Å². The molecule has 1 rings (SSSR count). The van der Waals surface area contributed by atoms with Gasteiger partial charge in [0.05, 0.1) is 5.92 Å². The van der Waals surface area contributed by atoms with Crippen LogP contribution in [-0.4, -0.2) is 16.9 Å². The van der Waals surface area contributed by atoms with E-state index in [0.29, 0.717) is 12.8 Å². The molecule has 1 atom stereocenters. The molecule has 1 N–H and O–H groups in total. The van der Waals surface area contributed by atoms with Crippen molar-refractivity contribution in [2.24, 2.45) is 5.92 Å². The second-order valence-corrected chi connectivity index (χ2v) is 2.32. The van der Waals surface area contributed by atoms with E-state index in [4.69, 9.17) is 5.11 Å². The molecular weight excluding hydrogens is 144 g/mol. The molecule has 3 nitrogen and oxygen atoms in total. The molecule has 0 amide bonds. The minimum atomic E-state index is -0.833. The van der Waals surface area contributed by atoms with Crippen molar-refractivity contribution < 1.29 is 14.7 Å². The number of hydrogen-bond donors (Lipinski definition) is 1. The molecule has 1 saturated carbocycles. The molecule has 3 heteroatoms. The van der Waals surface area contributed by atoms with Gasteiger partial charge in [-0.2, -0.15) is 0 Å². The van der Waals surface area contributed by atoms with Crippen LogP contribution < -0.4 is 0 Å². The average Bonchev–Trinajstić information content (AvgIpc) is 2.40. The van der Waals surface area contributed by atoms with Gasteiger partial charge in [0.1, 0.15) is 5.78 Å². The molecule has 0 saturated heterocycles. The summed E-state index contributed by atoms with van der Waals surface area (Å²) >= 11 is 0. The highest BCUT2D eigenvalue weighted by Crippen LogP contribution is 2.21. The van der Waals surface area contributed by atoms with Crippen molar-refractivity contribution in [3.8, 4) is 0 Å². The summed E-state index contributed by atoms with van der Waals surface area (Å²) < 4.78 is 0. The van der Waals surface area contributed by atoms with Crippen LogP contribution in [0.5, 0.6) is 0 Å². The Hall–Kier alpha value is -0.860. The van der Waals surface area contributed by atoms with Crippen molar-refractivity contribution in [2.75, 3.05) is 0 Å². The van der Waals surface area contributed by atoms with Crippen molar-refractivity contribution in [3.05, 3.63) is 0 Å². The Bertz CT molecular complexity index is 151. The third-order valence-electron chi connectivity index (χ3n) is 1.59. The molecule has 1 fully saturated rings. The van der Waals surface area contributed by atoms with E-state index in [-0.39, 0.29) is 12.2 Å². The second-order valence-electron chi connectivity index (χ2n) is 2.32. The van der Waals surface area contributed by atoms with E-state index in [1.807, 2.05) is 13.8 Å². The number of carboxylic acids is 1. The third-order valence-corrected chi connectivity index (χ3v) is 1.59. The molecule has 64 valence electrons. The Kier molecular flexibility index (Phi) is 4.50. The standard InChI is InChI=1S/C6H8O3.C2H6/c7-5-2-1-4(3-5)6(8)9;1-2/h4H,1-3H2,(H,8,9);1-2H3. The lowest BCUT2D eigenvalue weighted by Gasteiger charge is -1.96.